The van der Waals surface area contributed by atoms with Gasteiger partial charge in [0.1, 0.15) is 11.5 Å². The molecule has 7 nitrogen and oxygen atoms in total. The molecule has 2 unspecified atom stereocenters. The van der Waals surface area contributed by atoms with E-state index in [0.29, 0.717) is 13.1 Å². The summed E-state index contributed by atoms with van der Waals surface area (Å²) in [7, 11) is 3.27. The van der Waals surface area contributed by atoms with Crippen molar-refractivity contribution in [3.63, 3.8) is 0 Å². The first-order valence-corrected chi connectivity index (χ1v) is 11.6. The van der Waals surface area contributed by atoms with Crippen LogP contribution in [0.25, 0.3) is 0 Å². The monoisotopic (exact) mass is 451 g/mol. The van der Waals surface area contributed by atoms with E-state index in [-0.39, 0.29) is 23.9 Å². The molecule has 1 N–H and O–H groups in total. The average molecular weight is 452 g/mol. The van der Waals surface area contributed by atoms with Crippen molar-refractivity contribution in [2.75, 3.05) is 39.2 Å². The first kappa shape index (κ1) is 23.0. The van der Waals surface area contributed by atoms with Crippen molar-refractivity contribution in [2.24, 2.45) is 5.92 Å². The van der Waals surface area contributed by atoms with Gasteiger partial charge in [0, 0.05) is 37.0 Å². The number of carbonyl (C=O) groups excluding carboxylic acids is 2. The summed E-state index contributed by atoms with van der Waals surface area (Å²) in [4.78, 5) is 30.2. The molecule has 2 saturated heterocycles. The Bertz CT molecular complexity index is 1010. The van der Waals surface area contributed by atoms with Gasteiger partial charge in [-0.05, 0) is 62.4 Å². The third-order valence-electron chi connectivity index (χ3n) is 6.66. The molecule has 2 aromatic rings. The molecule has 2 heterocycles. The lowest BCUT2D eigenvalue weighted by Crippen LogP contribution is -2.47. The molecule has 2 fully saturated rings. The van der Waals surface area contributed by atoms with E-state index in [1.54, 1.807) is 19.1 Å². The molecule has 2 aromatic carbocycles. The quantitative estimate of drug-likeness (QED) is 0.720. The number of piperidine rings is 1. The van der Waals surface area contributed by atoms with E-state index in [9.17, 15) is 9.59 Å². The maximum atomic E-state index is 13.6. The van der Waals surface area contributed by atoms with Crippen LogP contribution in [-0.4, -0.2) is 55.6 Å². The first-order valence-electron chi connectivity index (χ1n) is 11.6. The summed E-state index contributed by atoms with van der Waals surface area (Å²) in [5.41, 5.74) is 2.88. The number of anilines is 1. The highest BCUT2D eigenvalue weighted by molar-refractivity contribution is 5.90. The van der Waals surface area contributed by atoms with Gasteiger partial charge in [-0.15, -0.1) is 0 Å². The van der Waals surface area contributed by atoms with Crippen molar-refractivity contribution >= 4 is 17.6 Å². The number of carbonyl (C=O) groups is 2. The maximum Gasteiger partial charge on any atom is 0.321 e. The van der Waals surface area contributed by atoms with Crippen LogP contribution in [0.3, 0.4) is 0 Å². The Hall–Kier alpha value is -3.22. The number of methoxy groups -OCH3 is 2. The minimum absolute atomic E-state index is 0.0187. The summed E-state index contributed by atoms with van der Waals surface area (Å²) >= 11 is 0. The minimum Gasteiger partial charge on any atom is -0.497 e. The predicted octanol–water partition coefficient (Wildman–Crippen LogP) is 4.62. The van der Waals surface area contributed by atoms with E-state index in [2.05, 4.69) is 5.32 Å². The highest BCUT2D eigenvalue weighted by Crippen LogP contribution is 2.40. The lowest BCUT2D eigenvalue weighted by molar-refractivity contribution is -0.137. The van der Waals surface area contributed by atoms with Crippen molar-refractivity contribution in [3.8, 4) is 11.5 Å². The Morgan fingerprint density at radius 2 is 1.82 bits per heavy atom. The molecule has 0 aliphatic carbocycles. The number of urea groups is 1. The third-order valence-corrected chi connectivity index (χ3v) is 6.66. The van der Waals surface area contributed by atoms with Crippen LogP contribution >= 0.6 is 0 Å². The number of nitrogens with zero attached hydrogens (tertiary/aromatic N) is 2. The van der Waals surface area contributed by atoms with Gasteiger partial charge < -0.3 is 24.6 Å². The highest BCUT2D eigenvalue weighted by Gasteiger charge is 2.37. The van der Waals surface area contributed by atoms with Crippen molar-refractivity contribution < 1.29 is 19.1 Å². The van der Waals surface area contributed by atoms with Crippen LogP contribution in [0.5, 0.6) is 11.5 Å². The Morgan fingerprint density at radius 1 is 1.00 bits per heavy atom. The molecule has 33 heavy (non-hydrogen) atoms. The van der Waals surface area contributed by atoms with Gasteiger partial charge in [-0.1, -0.05) is 12.1 Å². The third kappa shape index (κ3) is 5.07. The smallest absolute Gasteiger partial charge is 0.321 e. The van der Waals surface area contributed by atoms with E-state index in [4.69, 9.17) is 9.47 Å². The fraction of sp³-hybridized carbons (Fsp3) is 0.462. The number of likely N-dealkylation sites (tertiary alicyclic amines) is 2. The summed E-state index contributed by atoms with van der Waals surface area (Å²) in [5.74, 6) is 1.41. The normalized spacial score (nSPS) is 20.5. The molecule has 2 atom stereocenters. The largest absolute Gasteiger partial charge is 0.497 e. The van der Waals surface area contributed by atoms with Crippen molar-refractivity contribution in [1.82, 2.24) is 9.80 Å². The van der Waals surface area contributed by atoms with Crippen LogP contribution in [0.1, 0.15) is 42.9 Å². The summed E-state index contributed by atoms with van der Waals surface area (Å²) in [6, 6.07) is 13.4. The summed E-state index contributed by atoms with van der Waals surface area (Å²) in [5, 5.41) is 2.98. The van der Waals surface area contributed by atoms with Gasteiger partial charge in [0.2, 0.25) is 5.91 Å². The molecular formula is C26H33N3O4. The number of hydrogen-bond acceptors (Lipinski definition) is 4. The first-order chi connectivity index (χ1) is 16.0. The fourth-order valence-electron chi connectivity index (χ4n) is 4.97. The molecule has 2 aliphatic rings. The molecule has 7 heteroatoms. The number of benzene rings is 2. The number of amides is 3. The minimum atomic E-state index is -0.188. The van der Waals surface area contributed by atoms with Crippen molar-refractivity contribution in [2.45, 2.75) is 38.6 Å². The molecule has 0 spiro atoms. The van der Waals surface area contributed by atoms with Crippen molar-refractivity contribution in [1.29, 1.82) is 0 Å². The van der Waals surface area contributed by atoms with E-state index in [0.717, 1.165) is 60.5 Å². The van der Waals surface area contributed by atoms with Crippen LogP contribution < -0.4 is 14.8 Å². The van der Waals surface area contributed by atoms with Crippen LogP contribution in [0.15, 0.2) is 42.5 Å². The van der Waals surface area contributed by atoms with E-state index >= 15 is 0 Å². The van der Waals surface area contributed by atoms with Gasteiger partial charge in [0.05, 0.1) is 26.2 Å². The molecule has 176 valence electrons. The number of nitrogens with one attached hydrogen (secondary N) is 1. The maximum absolute atomic E-state index is 13.6. The van der Waals surface area contributed by atoms with Crippen LogP contribution in [0, 0.1) is 12.8 Å². The zero-order valence-electron chi connectivity index (χ0n) is 19.7. The predicted molar refractivity (Wildman–Crippen MR) is 128 cm³/mol. The van der Waals surface area contributed by atoms with Gasteiger partial charge in [0.25, 0.3) is 0 Å². The molecule has 0 saturated carbocycles. The highest BCUT2D eigenvalue weighted by atomic mass is 16.5. The Morgan fingerprint density at radius 3 is 2.58 bits per heavy atom. The van der Waals surface area contributed by atoms with Gasteiger partial charge in [-0.25, -0.2) is 4.79 Å². The Labute approximate surface area is 195 Å². The second kappa shape index (κ2) is 10.1. The molecule has 0 bridgehead atoms. The van der Waals surface area contributed by atoms with Crippen LogP contribution in [0.2, 0.25) is 0 Å². The van der Waals surface area contributed by atoms with Gasteiger partial charge in [0.15, 0.2) is 0 Å². The topological polar surface area (TPSA) is 71.1 Å². The van der Waals surface area contributed by atoms with E-state index in [1.165, 1.54) is 0 Å². The lowest BCUT2D eigenvalue weighted by Gasteiger charge is -2.36. The second-order valence-electron chi connectivity index (χ2n) is 8.88. The fourth-order valence-corrected chi connectivity index (χ4v) is 4.97. The number of ether oxygens (including phenoxy) is 2. The van der Waals surface area contributed by atoms with Gasteiger partial charge >= 0.3 is 6.03 Å². The van der Waals surface area contributed by atoms with Gasteiger partial charge in [-0.2, -0.15) is 0 Å². The summed E-state index contributed by atoms with van der Waals surface area (Å²) in [6.07, 6.45) is 3.48. The molecule has 0 aromatic heterocycles. The van der Waals surface area contributed by atoms with Crippen molar-refractivity contribution in [3.05, 3.63) is 53.6 Å². The molecule has 0 radical (unpaired) electrons. The second-order valence-corrected chi connectivity index (χ2v) is 8.88. The average Bonchev–Trinajstić information content (AvgIpc) is 3.33. The molecule has 2 aliphatic heterocycles. The van der Waals surface area contributed by atoms with Crippen LogP contribution in [0.4, 0.5) is 10.5 Å². The van der Waals surface area contributed by atoms with E-state index in [1.807, 2.05) is 54.3 Å². The molecular weight excluding hydrogens is 418 g/mol. The Kier molecular flexibility index (Phi) is 7.06. The summed E-state index contributed by atoms with van der Waals surface area (Å²) < 4.78 is 10.9. The zero-order valence-corrected chi connectivity index (χ0v) is 19.7. The number of rotatable bonds is 5. The SMILES string of the molecule is COc1ccc(C2CCCN2C(=O)C2CCCN(C(=O)Nc3cccc(C)c3)C2)c(OC)c1. The zero-order chi connectivity index (χ0) is 23.4. The van der Waals surface area contributed by atoms with Crippen LogP contribution in [-0.2, 0) is 4.79 Å². The standard InChI is InChI=1S/C26H33N3O4/c1-18-7-4-9-20(15-18)27-26(31)28-13-5-8-19(17-28)25(30)29-14-6-10-23(29)22-12-11-21(32-2)16-24(22)33-3/h4,7,9,11-12,15-16,19,23H,5-6,8,10,13-14,17H2,1-3H3,(H,27,31). The summed E-state index contributed by atoms with van der Waals surface area (Å²) in [6.45, 7) is 3.83. The number of hydrogen-bond donors (Lipinski definition) is 1. The van der Waals surface area contributed by atoms with E-state index < -0.39 is 0 Å². The number of aryl methyl sites for hydroxylation is 1. The van der Waals surface area contributed by atoms with Gasteiger partial charge in [-0.3, -0.25) is 4.79 Å². The lowest BCUT2D eigenvalue weighted by atomic mass is 9.95. The molecule has 3 amide bonds. The Balaban J connectivity index is 1.45. The molecule has 4 rings (SSSR count).